The molecular formula is C10H15F3O4. The SMILES string of the molecule is C=C(C)C(=O)OCC(F)(F)F.CCOC(C)=O. The highest BCUT2D eigenvalue weighted by molar-refractivity contribution is 5.86. The van der Waals surface area contributed by atoms with E-state index in [1.165, 1.54) is 13.8 Å². The summed E-state index contributed by atoms with van der Waals surface area (Å²) in [7, 11) is 0. The Hall–Kier alpha value is -1.53. The summed E-state index contributed by atoms with van der Waals surface area (Å²) in [5.74, 6) is -1.24. The number of esters is 2. The van der Waals surface area contributed by atoms with Crippen LogP contribution in [0, 0.1) is 0 Å². The Morgan fingerprint density at radius 2 is 1.65 bits per heavy atom. The van der Waals surface area contributed by atoms with Crippen molar-refractivity contribution in [1.82, 2.24) is 0 Å². The highest BCUT2D eigenvalue weighted by Gasteiger charge is 2.29. The lowest BCUT2D eigenvalue weighted by Gasteiger charge is -2.06. The summed E-state index contributed by atoms with van der Waals surface area (Å²) in [5.41, 5.74) is -0.0470. The van der Waals surface area contributed by atoms with E-state index in [-0.39, 0.29) is 11.5 Å². The van der Waals surface area contributed by atoms with Crippen LogP contribution in [-0.2, 0) is 19.1 Å². The average Bonchev–Trinajstić information content (AvgIpc) is 2.13. The van der Waals surface area contributed by atoms with Crippen molar-refractivity contribution in [2.75, 3.05) is 13.2 Å². The highest BCUT2D eigenvalue weighted by Crippen LogP contribution is 2.14. The molecule has 7 heteroatoms. The average molecular weight is 256 g/mol. The van der Waals surface area contributed by atoms with Gasteiger partial charge in [0.1, 0.15) is 0 Å². The molecule has 0 aromatic heterocycles. The second-order valence-electron chi connectivity index (χ2n) is 2.90. The minimum absolute atomic E-state index is 0.0470. The zero-order valence-electron chi connectivity index (χ0n) is 9.89. The molecule has 0 aliphatic heterocycles. The van der Waals surface area contributed by atoms with Crippen LogP contribution in [0.4, 0.5) is 13.2 Å². The molecule has 0 fully saturated rings. The van der Waals surface area contributed by atoms with Crippen molar-refractivity contribution in [2.45, 2.75) is 26.9 Å². The lowest BCUT2D eigenvalue weighted by Crippen LogP contribution is -2.20. The number of carbonyl (C=O) groups is 2. The van der Waals surface area contributed by atoms with Gasteiger partial charge in [-0.1, -0.05) is 6.58 Å². The molecule has 0 aromatic rings. The summed E-state index contributed by atoms with van der Waals surface area (Å²) >= 11 is 0. The molecule has 0 saturated carbocycles. The van der Waals surface area contributed by atoms with Crippen LogP contribution in [0.3, 0.4) is 0 Å². The minimum atomic E-state index is -4.47. The second kappa shape index (κ2) is 8.60. The molecule has 0 N–H and O–H groups in total. The number of halogens is 3. The van der Waals surface area contributed by atoms with Crippen molar-refractivity contribution < 1.29 is 32.2 Å². The van der Waals surface area contributed by atoms with Gasteiger partial charge < -0.3 is 9.47 Å². The monoisotopic (exact) mass is 256 g/mol. The summed E-state index contributed by atoms with van der Waals surface area (Å²) in [4.78, 5) is 20.2. The van der Waals surface area contributed by atoms with Gasteiger partial charge in [0.25, 0.3) is 0 Å². The van der Waals surface area contributed by atoms with Crippen molar-refractivity contribution in [3.05, 3.63) is 12.2 Å². The molecule has 0 unspecified atom stereocenters. The Morgan fingerprint density at radius 1 is 1.18 bits per heavy atom. The lowest BCUT2D eigenvalue weighted by molar-refractivity contribution is -0.183. The van der Waals surface area contributed by atoms with Crippen LogP contribution in [0.2, 0.25) is 0 Å². The molecular weight excluding hydrogens is 241 g/mol. The Kier molecular flexibility index (Phi) is 9.03. The number of ether oxygens (including phenoxy) is 2. The third-order valence-electron chi connectivity index (χ3n) is 1.06. The van der Waals surface area contributed by atoms with Gasteiger partial charge in [0, 0.05) is 12.5 Å². The molecule has 17 heavy (non-hydrogen) atoms. The summed E-state index contributed by atoms with van der Waals surface area (Å²) < 4.78 is 42.3. The zero-order valence-corrected chi connectivity index (χ0v) is 9.89. The van der Waals surface area contributed by atoms with E-state index in [4.69, 9.17) is 0 Å². The largest absolute Gasteiger partial charge is 0.466 e. The van der Waals surface area contributed by atoms with Crippen LogP contribution in [0.15, 0.2) is 12.2 Å². The van der Waals surface area contributed by atoms with Crippen LogP contribution in [0.1, 0.15) is 20.8 Å². The number of rotatable bonds is 3. The van der Waals surface area contributed by atoms with Gasteiger partial charge in [0.2, 0.25) is 0 Å². The molecule has 0 spiro atoms. The summed E-state index contributed by atoms with van der Waals surface area (Å²) in [6.07, 6.45) is -4.47. The summed E-state index contributed by atoms with van der Waals surface area (Å²) in [5, 5.41) is 0. The normalized spacial score (nSPS) is 9.76. The standard InChI is InChI=1S/C6H7F3O2.C4H8O2/c1-4(2)5(10)11-3-6(7,8)9;1-3-6-4(2)5/h1,3H2,2H3;3H2,1-2H3. The Labute approximate surface area is 97.4 Å². The van der Waals surface area contributed by atoms with E-state index in [0.29, 0.717) is 6.61 Å². The van der Waals surface area contributed by atoms with Gasteiger partial charge in [-0.25, -0.2) is 4.79 Å². The summed E-state index contributed by atoms with van der Waals surface area (Å²) in [6.45, 7) is 6.49. The summed E-state index contributed by atoms with van der Waals surface area (Å²) in [6, 6.07) is 0. The van der Waals surface area contributed by atoms with Crippen LogP contribution in [0.25, 0.3) is 0 Å². The first-order valence-electron chi connectivity index (χ1n) is 4.63. The quantitative estimate of drug-likeness (QED) is 0.574. The van der Waals surface area contributed by atoms with Crippen molar-refractivity contribution in [1.29, 1.82) is 0 Å². The molecule has 0 heterocycles. The third kappa shape index (κ3) is 17.1. The molecule has 0 radical (unpaired) electrons. The number of hydrogen-bond donors (Lipinski definition) is 0. The van der Waals surface area contributed by atoms with E-state index in [1.54, 1.807) is 6.92 Å². The van der Waals surface area contributed by atoms with Gasteiger partial charge in [-0.15, -0.1) is 0 Å². The molecule has 0 rings (SSSR count). The van der Waals surface area contributed by atoms with E-state index < -0.39 is 18.8 Å². The van der Waals surface area contributed by atoms with E-state index in [1.807, 2.05) is 0 Å². The van der Waals surface area contributed by atoms with Gasteiger partial charge >= 0.3 is 18.1 Å². The lowest BCUT2D eigenvalue weighted by atomic mass is 10.4. The fraction of sp³-hybridized carbons (Fsp3) is 0.600. The van der Waals surface area contributed by atoms with Gasteiger partial charge in [-0.05, 0) is 13.8 Å². The Morgan fingerprint density at radius 3 is 1.82 bits per heavy atom. The minimum Gasteiger partial charge on any atom is -0.466 e. The first-order chi connectivity index (χ1) is 7.60. The maximum absolute atomic E-state index is 11.4. The molecule has 100 valence electrons. The zero-order chi connectivity index (χ0) is 14.1. The number of carbonyl (C=O) groups excluding carboxylic acids is 2. The van der Waals surface area contributed by atoms with Crippen molar-refractivity contribution in [3.8, 4) is 0 Å². The fourth-order valence-corrected chi connectivity index (χ4v) is 0.474. The predicted octanol–water partition coefficient (Wildman–Crippen LogP) is 2.24. The molecule has 0 aliphatic carbocycles. The predicted molar refractivity (Wildman–Crippen MR) is 54.1 cm³/mol. The topological polar surface area (TPSA) is 52.6 Å². The van der Waals surface area contributed by atoms with Gasteiger partial charge in [0.05, 0.1) is 6.61 Å². The third-order valence-corrected chi connectivity index (χ3v) is 1.06. The first-order valence-corrected chi connectivity index (χ1v) is 4.63. The van der Waals surface area contributed by atoms with Crippen LogP contribution >= 0.6 is 0 Å². The van der Waals surface area contributed by atoms with E-state index >= 15 is 0 Å². The maximum atomic E-state index is 11.4. The van der Waals surface area contributed by atoms with E-state index in [2.05, 4.69) is 16.1 Å². The molecule has 0 saturated heterocycles. The Balaban J connectivity index is 0. The van der Waals surface area contributed by atoms with E-state index in [0.717, 1.165) is 0 Å². The molecule has 0 aliphatic rings. The molecule has 0 aromatic carbocycles. The number of hydrogen-bond acceptors (Lipinski definition) is 4. The van der Waals surface area contributed by atoms with Crippen LogP contribution in [-0.4, -0.2) is 31.3 Å². The molecule has 0 atom stereocenters. The van der Waals surface area contributed by atoms with Gasteiger partial charge in [-0.3, -0.25) is 4.79 Å². The maximum Gasteiger partial charge on any atom is 0.422 e. The van der Waals surface area contributed by atoms with Gasteiger partial charge in [0.15, 0.2) is 6.61 Å². The molecule has 0 bridgehead atoms. The molecule has 0 amide bonds. The highest BCUT2D eigenvalue weighted by atomic mass is 19.4. The van der Waals surface area contributed by atoms with Crippen molar-refractivity contribution in [3.63, 3.8) is 0 Å². The van der Waals surface area contributed by atoms with Crippen LogP contribution < -0.4 is 0 Å². The van der Waals surface area contributed by atoms with Crippen molar-refractivity contribution in [2.24, 2.45) is 0 Å². The number of alkyl halides is 3. The first kappa shape index (κ1) is 17.9. The fourth-order valence-electron chi connectivity index (χ4n) is 0.474. The van der Waals surface area contributed by atoms with E-state index in [9.17, 15) is 22.8 Å². The van der Waals surface area contributed by atoms with Crippen LogP contribution in [0.5, 0.6) is 0 Å². The Bertz CT molecular complexity index is 271. The van der Waals surface area contributed by atoms with Gasteiger partial charge in [-0.2, -0.15) is 13.2 Å². The second-order valence-corrected chi connectivity index (χ2v) is 2.90. The smallest absolute Gasteiger partial charge is 0.422 e. The van der Waals surface area contributed by atoms with Crippen molar-refractivity contribution >= 4 is 11.9 Å². The molecule has 4 nitrogen and oxygen atoms in total.